The summed E-state index contributed by atoms with van der Waals surface area (Å²) in [5.41, 5.74) is 1.69. The van der Waals surface area contributed by atoms with Crippen molar-refractivity contribution in [2.75, 3.05) is 19.7 Å². The quantitative estimate of drug-likeness (QED) is 0.617. The molecule has 3 aromatic rings. The molecule has 1 saturated heterocycles. The molecule has 0 saturated carbocycles. The van der Waals surface area contributed by atoms with E-state index in [2.05, 4.69) is 10.3 Å². The monoisotopic (exact) mass is 416 g/mol. The summed E-state index contributed by atoms with van der Waals surface area (Å²) in [6.07, 6.45) is 2.43. The van der Waals surface area contributed by atoms with Crippen LogP contribution in [-0.2, 0) is 10.0 Å². The van der Waals surface area contributed by atoms with Gasteiger partial charge in [-0.3, -0.25) is 0 Å². The van der Waals surface area contributed by atoms with Gasteiger partial charge in [-0.15, -0.1) is 5.10 Å². The molecule has 152 valence electrons. The fourth-order valence-electron chi connectivity index (χ4n) is 3.40. The third-order valence-corrected chi connectivity index (χ3v) is 6.78. The summed E-state index contributed by atoms with van der Waals surface area (Å²) >= 11 is 0. The van der Waals surface area contributed by atoms with E-state index in [4.69, 9.17) is 4.74 Å². The smallest absolute Gasteiger partial charge is 0.243 e. The van der Waals surface area contributed by atoms with Gasteiger partial charge in [-0.2, -0.15) is 4.31 Å². The molecule has 0 amide bonds. The van der Waals surface area contributed by atoms with Crippen molar-refractivity contribution in [2.24, 2.45) is 0 Å². The van der Waals surface area contributed by atoms with Crippen molar-refractivity contribution in [3.05, 3.63) is 60.5 Å². The Bertz CT molecular complexity index is 1100. The number of hydrogen-bond acceptors (Lipinski definition) is 5. The molecule has 0 radical (unpaired) electrons. The van der Waals surface area contributed by atoms with Crippen LogP contribution in [0.3, 0.4) is 0 Å². The molecule has 2 heterocycles. The molecular weight excluding hydrogens is 395 g/mol. The van der Waals surface area contributed by atoms with Gasteiger partial charge < -0.3 is 4.74 Å². The summed E-state index contributed by atoms with van der Waals surface area (Å²) in [6, 6.07) is 13.3. The predicted octanol–water partition coefficient (Wildman–Crippen LogP) is 3.12. The van der Waals surface area contributed by atoms with Gasteiger partial charge >= 0.3 is 0 Å². The Labute approximate surface area is 168 Å². The molecule has 7 nitrogen and oxygen atoms in total. The molecule has 0 aliphatic carbocycles. The first-order valence-corrected chi connectivity index (χ1v) is 10.8. The Balaban J connectivity index is 1.51. The van der Waals surface area contributed by atoms with Gasteiger partial charge in [0.05, 0.1) is 23.7 Å². The molecule has 0 unspecified atom stereocenters. The second-order valence-electron chi connectivity index (χ2n) is 6.78. The molecule has 0 spiro atoms. The van der Waals surface area contributed by atoms with Crippen LogP contribution < -0.4 is 4.74 Å². The molecule has 1 atom stereocenters. The lowest BCUT2D eigenvalue weighted by Crippen LogP contribution is -2.29. The van der Waals surface area contributed by atoms with E-state index in [1.54, 1.807) is 11.6 Å². The molecule has 1 aliphatic rings. The van der Waals surface area contributed by atoms with Crippen LogP contribution in [0.2, 0.25) is 0 Å². The van der Waals surface area contributed by atoms with E-state index in [-0.39, 0.29) is 23.2 Å². The van der Waals surface area contributed by atoms with Crippen molar-refractivity contribution in [3.8, 4) is 17.0 Å². The minimum Gasteiger partial charge on any atom is -0.491 e. The standard InChI is InChI=1S/C20H21FN4O3S/c1-2-28-20-9-8-17(12-18(20)21)29(26,27)24-11-10-16(13-24)25-14-19(22-23-25)15-6-4-3-5-7-15/h3-9,12,14,16H,2,10-11,13H2,1H3/t16-/m1/s1. The van der Waals surface area contributed by atoms with Crippen molar-refractivity contribution in [1.82, 2.24) is 19.3 Å². The minimum atomic E-state index is -3.80. The zero-order chi connectivity index (χ0) is 20.4. The fourth-order valence-corrected chi connectivity index (χ4v) is 4.91. The van der Waals surface area contributed by atoms with Crippen molar-refractivity contribution < 1.29 is 17.5 Å². The zero-order valence-electron chi connectivity index (χ0n) is 15.9. The maximum Gasteiger partial charge on any atom is 0.243 e. The van der Waals surface area contributed by atoms with Crippen LogP contribution in [0, 0.1) is 5.82 Å². The van der Waals surface area contributed by atoms with E-state index in [1.807, 2.05) is 36.5 Å². The largest absolute Gasteiger partial charge is 0.491 e. The number of sulfonamides is 1. The zero-order valence-corrected chi connectivity index (χ0v) is 16.7. The third kappa shape index (κ3) is 3.88. The molecule has 2 aromatic carbocycles. The number of nitrogens with zero attached hydrogens (tertiary/aromatic N) is 4. The average Bonchev–Trinajstić information content (AvgIpc) is 3.40. The Morgan fingerprint density at radius 1 is 1.21 bits per heavy atom. The molecule has 1 fully saturated rings. The summed E-state index contributed by atoms with van der Waals surface area (Å²) in [7, 11) is -3.80. The van der Waals surface area contributed by atoms with E-state index >= 15 is 0 Å². The summed E-state index contributed by atoms with van der Waals surface area (Å²) in [5.74, 6) is -0.644. The Morgan fingerprint density at radius 3 is 2.72 bits per heavy atom. The van der Waals surface area contributed by atoms with Crippen LogP contribution in [0.15, 0.2) is 59.6 Å². The van der Waals surface area contributed by atoms with Gasteiger partial charge in [-0.25, -0.2) is 17.5 Å². The molecular formula is C20H21FN4O3S. The average molecular weight is 416 g/mol. The highest BCUT2D eigenvalue weighted by Crippen LogP contribution is 2.29. The lowest BCUT2D eigenvalue weighted by molar-refractivity contribution is 0.321. The molecule has 9 heteroatoms. The van der Waals surface area contributed by atoms with E-state index in [0.29, 0.717) is 19.6 Å². The molecule has 0 bridgehead atoms. The SMILES string of the molecule is CCOc1ccc(S(=O)(=O)N2CC[C@@H](n3cc(-c4ccccc4)nn3)C2)cc1F. The van der Waals surface area contributed by atoms with Crippen molar-refractivity contribution in [3.63, 3.8) is 0 Å². The van der Waals surface area contributed by atoms with Gasteiger partial charge in [0.2, 0.25) is 10.0 Å². The van der Waals surface area contributed by atoms with E-state index in [0.717, 1.165) is 17.3 Å². The third-order valence-electron chi connectivity index (χ3n) is 4.92. The normalized spacial score (nSPS) is 17.5. The first-order chi connectivity index (χ1) is 14.0. The number of halogens is 1. The summed E-state index contributed by atoms with van der Waals surface area (Å²) in [4.78, 5) is -0.0809. The number of aromatic nitrogens is 3. The predicted molar refractivity (Wildman–Crippen MR) is 105 cm³/mol. The highest BCUT2D eigenvalue weighted by atomic mass is 32.2. The van der Waals surface area contributed by atoms with Crippen molar-refractivity contribution in [1.29, 1.82) is 0 Å². The van der Waals surface area contributed by atoms with Gasteiger partial charge in [0.1, 0.15) is 5.69 Å². The fraction of sp³-hybridized carbons (Fsp3) is 0.300. The lowest BCUT2D eigenvalue weighted by Gasteiger charge is -2.17. The highest BCUT2D eigenvalue weighted by Gasteiger charge is 2.34. The summed E-state index contributed by atoms with van der Waals surface area (Å²) in [5, 5.41) is 8.38. The van der Waals surface area contributed by atoms with Crippen LogP contribution in [-0.4, -0.2) is 47.4 Å². The van der Waals surface area contributed by atoms with Crippen LogP contribution >= 0.6 is 0 Å². The second-order valence-corrected chi connectivity index (χ2v) is 8.72. The number of benzene rings is 2. The molecule has 4 rings (SSSR count). The van der Waals surface area contributed by atoms with Gasteiger partial charge in [0.25, 0.3) is 0 Å². The summed E-state index contributed by atoms with van der Waals surface area (Å²) in [6.45, 7) is 2.64. The van der Waals surface area contributed by atoms with Crippen LogP contribution in [0.5, 0.6) is 5.75 Å². The Hall–Kier alpha value is -2.78. The highest BCUT2D eigenvalue weighted by molar-refractivity contribution is 7.89. The maximum atomic E-state index is 14.1. The maximum absolute atomic E-state index is 14.1. The topological polar surface area (TPSA) is 77.3 Å². The van der Waals surface area contributed by atoms with Gasteiger partial charge in [0.15, 0.2) is 11.6 Å². The first kappa shape index (κ1) is 19.5. The van der Waals surface area contributed by atoms with E-state index in [9.17, 15) is 12.8 Å². The minimum absolute atomic E-state index is 0.0433. The molecule has 1 aliphatic heterocycles. The van der Waals surface area contributed by atoms with Gasteiger partial charge in [-0.1, -0.05) is 35.5 Å². The lowest BCUT2D eigenvalue weighted by atomic mass is 10.2. The molecule has 29 heavy (non-hydrogen) atoms. The molecule has 0 N–H and O–H groups in total. The van der Waals surface area contributed by atoms with Crippen molar-refractivity contribution >= 4 is 10.0 Å². The Kier molecular flexibility index (Phi) is 5.33. The second kappa shape index (κ2) is 7.92. The number of ether oxygens (including phenoxy) is 1. The van der Waals surface area contributed by atoms with Gasteiger partial charge in [0, 0.05) is 18.7 Å². The van der Waals surface area contributed by atoms with E-state index in [1.165, 1.54) is 16.4 Å². The van der Waals surface area contributed by atoms with Crippen LogP contribution in [0.4, 0.5) is 4.39 Å². The van der Waals surface area contributed by atoms with Gasteiger partial charge in [-0.05, 0) is 31.5 Å². The van der Waals surface area contributed by atoms with Crippen molar-refractivity contribution in [2.45, 2.75) is 24.3 Å². The first-order valence-electron chi connectivity index (χ1n) is 9.39. The number of hydrogen-bond donors (Lipinski definition) is 0. The molecule has 1 aromatic heterocycles. The van der Waals surface area contributed by atoms with Crippen LogP contribution in [0.1, 0.15) is 19.4 Å². The van der Waals surface area contributed by atoms with Crippen LogP contribution in [0.25, 0.3) is 11.3 Å². The summed E-state index contributed by atoms with van der Waals surface area (Å²) < 4.78 is 48.2. The van der Waals surface area contributed by atoms with E-state index < -0.39 is 15.8 Å². The Morgan fingerprint density at radius 2 is 2.00 bits per heavy atom. The number of rotatable bonds is 6.